The lowest BCUT2D eigenvalue weighted by atomic mass is 10.1. The number of alkyl halides is 1. The van der Waals surface area contributed by atoms with Crippen molar-refractivity contribution in [3.63, 3.8) is 0 Å². The number of ether oxygens (including phenoxy) is 2. The summed E-state index contributed by atoms with van der Waals surface area (Å²) in [5, 5.41) is 1.09. The van der Waals surface area contributed by atoms with Gasteiger partial charge in [0.05, 0.1) is 19.3 Å². The third-order valence-electron chi connectivity index (χ3n) is 2.04. The van der Waals surface area contributed by atoms with Crippen molar-refractivity contribution in [2.75, 3.05) is 25.2 Å². The Labute approximate surface area is 96.5 Å². The number of hydrogen-bond donors (Lipinski definition) is 0. The molecule has 1 unspecified atom stereocenters. The zero-order valence-electron chi connectivity index (χ0n) is 9.59. The molecule has 0 amide bonds. The van der Waals surface area contributed by atoms with Crippen LogP contribution in [0.25, 0.3) is 0 Å². The Kier molecular flexibility index (Phi) is 10.2. The van der Waals surface area contributed by atoms with Gasteiger partial charge in [0.25, 0.3) is 0 Å². The molecule has 0 aliphatic carbocycles. The van der Waals surface area contributed by atoms with Gasteiger partial charge in [-0.2, -0.15) is 0 Å². The molecule has 0 bridgehead atoms. The standard InChI is InChI=1S/C11H23BrO2/c1-10(2)14-9-8-13-7-5-11(3)4-6-12/h10-11H,4-9H2,1-3H3. The highest BCUT2D eigenvalue weighted by Gasteiger charge is 2.00. The maximum Gasteiger partial charge on any atom is 0.0703 e. The summed E-state index contributed by atoms with van der Waals surface area (Å²) in [6.45, 7) is 8.63. The molecule has 0 aliphatic rings. The van der Waals surface area contributed by atoms with Gasteiger partial charge in [0, 0.05) is 11.9 Å². The van der Waals surface area contributed by atoms with Gasteiger partial charge in [-0.15, -0.1) is 0 Å². The van der Waals surface area contributed by atoms with Crippen molar-refractivity contribution in [1.82, 2.24) is 0 Å². The van der Waals surface area contributed by atoms with E-state index < -0.39 is 0 Å². The summed E-state index contributed by atoms with van der Waals surface area (Å²) in [5.41, 5.74) is 0. The van der Waals surface area contributed by atoms with Crippen molar-refractivity contribution in [2.45, 2.75) is 39.7 Å². The van der Waals surface area contributed by atoms with Crippen LogP contribution in [-0.2, 0) is 9.47 Å². The van der Waals surface area contributed by atoms with Gasteiger partial charge in [-0.1, -0.05) is 22.9 Å². The molecule has 3 heteroatoms. The summed E-state index contributed by atoms with van der Waals surface area (Å²) in [6.07, 6.45) is 2.69. The highest BCUT2D eigenvalue weighted by molar-refractivity contribution is 9.09. The van der Waals surface area contributed by atoms with Crippen molar-refractivity contribution in [3.8, 4) is 0 Å². The average Bonchev–Trinajstić information content (AvgIpc) is 2.11. The quantitative estimate of drug-likeness (QED) is 0.471. The zero-order valence-corrected chi connectivity index (χ0v) is 11.2. The first-order valence-electron chi connectivity index (χ1n) is 5.42. The first-order chi connectivity index (χ1) is 6.66. The Morgan fingerprint density at radius 3 is 2.29 bits per heavy atom. The lowest BCUT2D eigenvalue weighted by Gasteiger charge is -2.11. The molecule has 0 spiro atoms. The summed E-state index contributed by atoms with van der Waals surface area (Å²) < 4.78 is 10.8. The molecule has 0 aliphatic heterocycles. The maximum atomic E-state index is 5.46. The van der Waals surface area contributed by atoms with Crippen LogP contribution in [0.1, 0.15) is 33.6 Å². The Morgan fingerprint density at radius 2 is 1.71 bits per heavy atom. The Bertz CT molecular complexity index is 118. The molecule has 0 aromatic carbocycles. The molecule has 0 aromatic heterocycles. The molecule has 0 heterocycles. The summed E-state index contributed by atoms with van der Waals surface area (Å²) in [4.78, 5) is 0. The molecule has 86 valence electrons. The van der Waals surface area contributed by atoms with Crippen LogP contribution in [0.5, 0.6) is 0 Å². The summed E-state index contributed by atoms with van der Waals surface area (Å²) in [6, 6.07) is 0. The van der Waals surface area contributed by atoms with E-state index >= 15 is 0 Å². The predicted molar refractivity (Wildman–Crippen MR) is 64.1 cm³/mol. The molecule has 1 atom stereocenters. The molecule has 14 heavy (non-hydrogen) atoms. The number of halogens is 1. The minimum absolute atomic E-state index is 0.311. The molecule has 0 N–H and O–H groups in total. The molecule has 0 aromatic rings. The van der Waals surface area contributed by atoms with Crippen LogP contribution >= 0.6 is 15.9 Å². The van der Waals surface area contributed by atoms with Gasteiger partial charge in [-0.3, -0.25) is 0 Å². The number of rotatable bonds is 9. The summed E-state index contributed by atoms with van der Waals surface area (Å²) in [5.74, 6) is 0.750. The molecule has 2 nitrogen and oxygen atoms in total. The maximum absolute atomic E-state index is 5.46. The van der Waals surface area contributed by atoms with Crippen LogP contribution in [0.2, 0.25) is 0 Å². The monoisotopic (exact) mass is 266 g/mol. The smallest absolute Gasteiger partial charge is 0.0703 e. The van der Waals surface area contributed by atoms with Crippen LogP contribution in [0, 0.1) is 5.92 Å². The van der Waals surface area contributed by atoms with E-state index in [-0.39, 0.29) is 0 Å². The highest BCUT2D eigenvalue weighted by atomic mass is 79.9. The van der Waals surface area contributed by atoms with E-state index in [2.05, 4.69) is 22.9 Å². The van der Waals surface area contributed by atoms with E-state index in [0.29, 0.717) is 12.7 Å². The third-order valence-corrected chi connectivity index (χ3v) is 2.49. The molecule has 0 fully saturated rings. The van der Waals surface area contributed by atoms with Crippen LogP contribution in [0.15, 0.2) is 0 Å². The fourth-order valence-corrected chi connectivity index (χ4v) is 1.84. The molecular formula is C11H23BrO2. The Hall–Kier alpha value is 0.400. The van der Waals surface area contributed by atoms with Crippen molar-refractivity contribution < 1.29 is 9.47 Å². The Balaban J connectivity index is 3.05. The topological polar surface area (TPSA) is 18.5 Å². The van der Waals surface area contributed by atoms with Crippen LogP contribution < -0.4 is 0 Å². The predicted octanol–water partition coefficient (Wildman–Crippen LogP) is 3.24. The molecule has 0 radical (unpaired) electrons. The average molecular weight is 267 g/mol. The first kappa shape index (κ1) is 14.4. The van der Waals surface area contributed by atoms with Gasteiger partial charge < -0.3 is 9.47 Å². The van der Waals surface area contributed by atoms with Crippen molar-refractivity contribution in [3.05, 3.63) is 0 Å². The second-order valence-corrected chi connectivity index (χ2v) is 4.70. The van der Waals surface area contributed by atoms with E-state index in [4.69, 9.17) is 9.47 Å². The van der Waals surface area contributed by atoms with Crippen molar-refractivity contribution >= 4 is 15.9 Å². The van der Waals surface area contributed by atoms with Gasteiger partial charge in [-0.05, 0) is 32.6 Å². The van der Waals surface area contributed by atoms with E-state index in [1.807, 2.05) is 13.8 Å². The van der Waals surface area contributed by atoms with Gasteiger partial charge in [-0.25, -0.2) is 0 Å². The second kappa shape index (κ2) is 9.94. The molecule has 0 rings (SSSR count). The second-order valence-electron chi connectivity index (χ2n) is 3.90. The summed E-state index contributed by atoms with van der Waals surface area (Å²) >= 11 is 3.44. The van der Waals surface area contributed by atoms with Gasteiger partial charge in [0.2, 0.25) is 0 Å². The van der Waals surface area contributed by atoms with Crippen LogP contribution in [0.3, 0.4) is 0 Å². The van der Waals surface area contributed by atoms with E-state index in [9.17, 15) is 0 Å². The largest absolute Gasteiger partial charge is 0.379 e. The summed E-state index contributed by atoms with van der Waals surface area (Å²) in [7, 11) is 0. The minimum atomic E-state index is 0.311. The van der Waals surface area contributed by atoms with Crippen molar-refractivity contribution in [1.29, 1.82) is 0 Å². The lowest BCUT2D eigenvalue weighted by molar-refractivity contribution is 0.0167. The SMILES string of the molecule is CC(CCBr)CCOCCOC(C)C. The fourth-order valence-electron chi connectivity index (χ4n) is 1.06. The zero-order chi connectivity index (χ0) is 10.8. The first-order valence-corrected chi connectivity index (χ1v) is 6.54. The third kappa shape index (κ3) is 10.5. The molecule has 0 saturated carbocycles. The van der Waals surface area contributed by atoms with E-state index in [1.165, 1.54) is 6.42 Å². The van der Waals surface area contributed by atoms with E-state index in [0.717, 1.165) is 30.9 Å². The van der Waals surface area contributed by atoms with Gasteiger partial charge >= 0.3 is 0 Å². The molecular weight excluding hydrogens is 244 g/mol. The highest BCUT2D eigenvalue weighted by Crippen LogP contribution is 2.08. The lowest BCUT2D eigenvalue weighted by Crippen LogP contribution is -2.11. The van der Waals surface area contributed by atoms with Crippen LogP contribution in [-0.4, -0.2) is 31.3 Å². The van der Waals surface area contributed by atoms with Crippen molar-refractivity contribution in [2.24, 2.45) is 5.92 Å². The fraction of sp³-hybridized carbons (Fsp3) is 1.00. The normalized spacial score (nSPS) is 13.5. The Morgan fingerprint density at radius 1 is 1.00 bits per heavy atom. The van der Waals surface area contributed by atoms with E-state index in [1.54, 1.807) is 0 Å². The van der Waals surface area contributed by atoms with Gasteiger partial charge in [0.15, 0.2) is 0 Å². The number of hydrogen-bond acceptors (Lipinski definition) is 2. The van der Waals surface area contributed by atoms with Gasteiger partial charge in [0.1, 0.15) is 0 Å². The minimum Gasteiger partial charge on any atom is -0.379 e. The molecule has 0 saturated heterocycles. The van der Waals surface area contributed by atoms with Crippen LogP contribution in [0.4, 0.5) is 0 Å².